The summed E-state index contributed by atoms with van der Waals surface area (Å²) in [6.07, 6.45) is 0. The van der Waals surface area contributed by atoms with Crippen LogP contribution in [0.3, 0.4) is 0 Å². The van der Waals surface area contributed by atoms with Crippen LogP contribution in [0.15, 0.2) is 8.95 Å². The lowest BCUT2D eigenvalue weighted by Gasteiger charge is -2.15. The Balaban J connectivity index is 3.55. The zero-order valence-corrected chi connectivity index (χ0v) is 14.3. The topological polar surface area (TPSA) is 0 Å². The number of rotatable bonds is 2. The van der Waals surface area contributed by atoms with Crippen molar-refractivity contribution in [2.24, 2.45) is 0 Å². The van der Waals surface area contributed by atoms with Gasteiger partial charge in [0.25, 0.3) is 0 Å². The quantitative estimate of drug-likeness (QED) is 0.514. The normalized spacial score (nSPS) is 10.7. The van der Waals surface area contributed by atoms with Crippen molar-refractivity contribution in [2.45, 2.75) is 24.5 Å². The Labute approximate surface area is 118 Å². The molecule has 0 heterocycles. The first-order valence-corrected chi connectivity index (χ1v) is 7.95. The van der Waals surface area contributed by atoms with Gasteiger partial charge >= 0.3 is 0 Å². The van der Waals surface area contributed by atoms with Gasteiger partial charge in [-0.2, -0.15) is 0 Å². The second-order valence-electron chi connectivity index (χ2n) is 3.10. The molecule has 0 aliphatic rings. The molecule has 0 saturated carbocycles. The largest absolute Gasteiger partial charge is 0.0876 e. The van der Waals surface area contributed by atoms with Crippen LogP contribution in [0.4, 0.5) is 0 Å². The third-order valence-corrected chi connectivity index (χ3v) is 5.63. The summed E-state index contributed by atoms with van der Waals surface area (Å²) < 4.78 is 2.43. The minimum atomic E-state index is 0.876. The fraction of sp³-hybridized carbons (Fsp3) is 0.400. The Morgan fingerprint density at radius 2 is 1.07 bits per heavy atom. The third-order valence-electron chi connectivity index (χ3n) is 2.36. The van der Waals surface area contributed by atoms with E-state index in [1.165, 1.54) is 31.2 Å². The summed E-state index contributed by atoms with van der Waals surface area (Å²) in [5, 5.41) is 1.75. The molecular weight excluding hydrogens is 440 g/mol. The molecule has 1 aromatic carbocycles. The van der Waals surface area contributed by atoms with Gasteiger partial charge in [-0.25, -0.2) is 0 Å². The molecule has 0 aromatic heterocycles. The summed E-state index contributed by atoms with van der Waals surface area (Å²) in [7, 11) is 0. The van der Waals surface area contributed by atoms with Gasteiger partial charge in [0.05, 0.1) is 0 Å². The highest BCUT2D eigenvalue weighted by Gasteiger charge is 2.14. The monoisotopic (exact) mass is 446 g/mol. The zero-order chi connectivity index (χ0) is 10.9. The molecule has 1 aromatic rings. The molecule has 0 bridgehead atoms. The van der Waals surface area contributed by atoms with Crippen LogP contribution in [0.1, 0.15) is 22.3 Å². The summed E-state index contributed by atoms with van der Waals surface area (Å²) in [5.41, 5.74) is 5.24. The van der Waals surface area contributed by atoms with Crippen molar-refractivity contribution in [2.75, 3.05) is 0 Å². The van der Waals surface area contributed by atoms with E-state index >= 15 is 0 Å². The van der Waals surface area contributed by atoms with Gasteiger partial charge in [-0.15, -0.1) is 0 Å². The molecule has 0 nitrogen and oxygen atoms in total. The van der Waals surface area contributed by atoms with Crippen LogP contribution in [0, 0.1) is 13.8 Å². The lowest BCUT2D eigenvalue weighted by molar-refractivity contribution is 1.17. The molecule has 0 saturated heterocycles. The highest BCUT2D eigenvalue weighted by molar-refractivity contribution is 9.11. The van der Waals surface area contributed by atoms with Crippen molar-refractivity contribution < 1.29 is 0 Å². The number of hydrogen-bond donors (Lipinski definition) is 0. The van der Waals surface area contributed by atoms with Crippen molar-refractivity contribution in [3.8, 4) is 0 Å². The van der Waals surface area contributed by atoms with E-state index in [9.17, 15) is 0 Å². The van der Waals surface area contributed by atoms with Gasteiger partial charge in [-0.1, -0.05) is 63.7 Å². The van der Waals surface area contributed by atoms with E-state index < -0.39 is 0 Å². The average molecular weight is 450 g/mol. The Kier molecular flexibility index (Phi) is 5.15. The van der Waals surface area contributed by atoms with Crippen LogP contribution in [0.2, 0.25) is 0 Å². The first-order valence-electron chi connectivity index (χ1n) is 4.12. The molecule has 0 aliphatic heterocycles. The molecule has 0 amide bonds. The van der Waals surface area contributed by atoms with E-state index in [2.05, 4.69) is 77.6 Å². The summed E-state index contributed by atoms with van der Waals surface area (Å²) in [6, 6.07) is 0. The Hall–Kier alpha value is 1.14. The molecule has 0 fully saturated rings. The van der Waals surface area contributed by atoms with E-state index in [0.29, 0.717) is 0 Å². The van der Waals surface area contributed by atoms with E-state index in [-0.39, 0.29) is 0 Å². The van der Waals surface area contributed by atoms with Gasteiger partial charge in [-0.05, 0) is 36.1 Å². The molecule has 14 heavy (non-hydrogen) atoms. The maximum atomic E-state index is 3.65. The van der Waals surface area contributed by atoms with Crippen molar-refractivity contribution in [1.29, 1.82) is 0 Å². The van der Waals surface area contributed by atoms with E-state index in [4.69, 9.17) is 0 Å². The lowest BCUT2D eigenvalue weighted by atomic mass is 10.0. The standard InChI is InChI=1S/C10H10Br4/c1-5-7(3-11)10(14)6(2)8(4-12)9(5)13/h3-4H2,1-2H3. The van der Waals surface area contributed by atoms with Crippen LogP contribution in [-0.4, -0.2) is 0 Å². The van der Waals surface area contributed by atoms with Gasteiger partial charge in [0.15, 0.2) is 0 Å². The Morgan fingerprint density at radius 3 is 1.29 bits per heavy atom. The molecule has 0 radical (unpaired) electrons. The number of benzene rings is 1. The van der Waals surface area contributed by atoms with E-state index in [1.807, 2.05) is 0 Å². The van der Waals surface area contributed by atoms with Crippen LogP contribution < -0.4 is 0 Å². The Bertz CT molecular complexity index is 294. The summed E-state index contributed by atoms with van der Waals surface area (Å²) in [5.74, 6) is 0. The van der Waals surface area contributed by atoms with Crippen molar-refractivity contribution >= 4 is 63.7 Å². The summed E-state index contributed by atoms with van der Waals surface area (Å²) in [6.45, 7) is 4.27. The number of alkyl halides is 2. The van der Waals surface area contributed by atoms with Gasteiger partial charge < -0.3 is 0 Å². The van der Waals surface area contributed by atoms with Gasteiger partial charge in [0.1, 0.15) is 0 Å². The van der Waals surface area contributed by atoms with Crippen LogP contribution >= 0.6 is 63.7 Å². The maximum Gasteiger partial charge on any atom is 0.0297 e. The Morgan fingerprint density at radius 1 is 0.786 bits per heavy atom. The molecule has 0 atom stereocenters. The predicted molar refractivity (Wildman–Crippen MR) is 76.6 cm³/mol. The fourth-order valence-corrected chi connectivity index (χ4v) is 4.87. The molecule has 1 rings (SSSR count). The minimum absolute atomic E-state index is 0.876. The second-order valence-corrected chi connectivity index (χ2v) is 5.81. The molecule has 78 valence electrons. The van der Waals surface area contributed by atoms with Crippen molar-refractivity contribution in [1.82, 2.24) is 0 Å². The second kappa shape index (κ2) is 5.46. The summed E-state index contributed by atoms with van der Waals surface area (Å²) in [4.78, 5) is 0. The first kappa shape index (κ1) is 13.2. The number of halogens is 4. The zero-order valence-electron chi connectivity index (χ0n) is 7.93. The molecule has 0 spiro atoms. The van der Waals surface area contributed by atoms with Crippen LogP contribution in [0.25, 0.3) is 0 Å². The van der Waals surface area contributed by atoms with E-state index in [1.54, 1.807) is 0 Å². The van der Waals surface area contributed by atoms with Crippen molar-refractivity contribution in [3.05, 3.63) is 31.2 Å². The van der Waals surface area contributed by atoms with Crippen LogP contribution in [-0.2, 0) is 10.7 Å². The molecule has 4 heteroatoms. The first-order chi connectivity index (χ1) is 6.54. The van der Waals surface area contributed by atoms with E-state index in [0.717, 1.165) is 10.7 Å². The lowest BCUT2D eigenvalue weighted by Crippen LogP contribution is -1.98. The molecule has 0 aliphatic carbocycles. The minimum Gasteiger partial charge on any atom is -0.0876 e. The SMILES string of the molecule is Cc1c(Br)c(CBr)c(C)c(Br)c1CBr. The molecule has 0 unspecified atom stereocenters. The van der Waals surface area contributed by atoms with Gasteiger partial charge in [-0.3, -0.25) is 0 Å². The highest BCUT2D eigenvalue weighted by atomic mass is 79.9. The third kappa shape index (κ3) is 2.28. The molecule has 0 N–H and O–H groups in total. The maximum absolute atomic E-state index is 3.65. The van der Waals surface area contributed by atoms with Gasteiger partial charge in [0, 0.05) is 19.6 Å². The highest BCUT2D eigenvalue weighted by Crippen LogP contribution is 2.36. The van der Waals surface area contributed by atoms with Crippen molar-refractivity contribution in [3.63, 3.8) is 0 Å². The average Bonchev–Trinajstić information content (AvgIpc) is 2.17. The smallest absolute Gasteiger partial charge is 0.0297 e. The summed E-state index contributed by atoms with van der Waals surface area (Å²) >= 11 is 14.3. The van der Waals surface area contributed by atoms with Gasteiger partial charge in [0.2, 0.25) is 0 Å². The molecular formula is C10H10Br4. The van der Waals surface area contributed by atoms with Crippen LogP contribution in [0.5, 0.6) is 0 Å². The number of hydrogen-bond acceptors (Lipinski definition) is 0. The predicted octanol–water partition coefficient (Wildman–Crippen LogP) is 5.62. The fourth-order valence-electron chi connectivity index (χ4n) is 1.36.